The van der Waals surface area contributed by atoms with Gasteiger partial charge in [-0.3, -0.25) is 5.43 Å². The lowest BCUT2D eigenvalue weighted by molar-refractivity contribution is -0.137. The van der Waals surface area contributed by atoms with Crippen molar-refractivity contribution in [3.05, 3.63) is 29.8 Å². The molecule has 0 heterocycles. The molecule has 0 unspecified atom stereocenters. The number of nitrogens with zero attached hydrogens (tertiary/aromatic N) is 1. The van der Waals surface area contributed by atoms with Crippen molar-refractivity contribution in [2.45, 2.75) is 38.8 Å². The summed E-state index contributed by atoms with van der Waals surface area (Å²) in [6.45, 7) is 2.12. The average molecular weight is 258 g/mol. The minimum atomic E-state index is -4.29. The Morgan fingerprint density at radius 1 is 1.17 bits per heavy atom. The molecule has 1 N–H and O–H groups in total. The Labute approximate surface area is 105 Å². The largest absolute Gasteiger partial charge is 0.416 e. The first-order valence-corrected chi connectivity index (χ1v) is 5.99. The predicted octanol–water partition coefficient (Wildman–Crippen LogP) is 4.68. The molecule has 0 atom stereocenters. The van der Waals surface area contributed by atoms with E-state index in [2.05, 4.69) is 17.5 Å². The zero-order chi connectivity index (χ0) is 13.4. The molecule has 0 amide bonds. The van der Waals surface area contributed by atoms with Crippen molar-refractivity contribution in [3.8, 4) is 0 Å². The van der Waals surface area contributed by atoms with Gasteiger partial charge >= 0.3 is 6.18 Å². The van der Waals surface area contributed by atoms with E-state index < -0.39 is 11.7 Å². The summed E-state index contributed by atoms with van der Waals surface area (Å²) in [5, 5.41) is 3.95. The molecule has 0 saturated heterocycles. The normalized spacial score (nSPS) is 12.0. The van der Waals surface area contributed by atoms with Gasteiger partial charge in [0.15, 0.2) is 0 Å². The number of hydrazone groups is 1. The van der Waals surface area contributed by atoms with Crippen molar-refractivity contribution >= 4 is 11.9 Å². The molecular formula is C13H17F3N2. The van der Waals surface area contributed by atoms with Crippen LogP contribution in [0.25, 0.3) is 0 Å². The van der Waals surface area contributed by atoms with Crippen LogP contribution in [0.2, 0.25) is 0 Å². The van der Waals surface area contributed by atoms with E-state index in [0.717, 1.165) is 37.8 Å². The molecule has 100 valence electrons. The molecule has 5 heteroatoms. The van der Waals surface area contributed by atoms with Crippen LogP contribution in [0.4, 0.5) is 18.9 Å². The smallest absolute Gasteiger partial charge is 0.279 e. The topological polar surface area (TPSA) is 24.4 Å². The highest BCUT2D eigenvalue weighted by atomic mass is 19.4. The van der Waals surface area contributed by atoms with Crippen LogP contribution in [0.3, 0.4) is 0 Å². The van der Waals surface area contributed by atoms with Gasteiger partial charge in [-0.15, -0.1) is 0 Å². The second-order valence-electron chi connectivity index (χ2n) is 3.99. The summed E-state index contributed by atoms with van der Waals surface area (Å²) in [4.78, 5) is 0. The van der Waals surface area contributed by atoms with Gasteiger partial charge in [-0.25, -0.2) is 0 Å². The van der Waals surface area contributed by atoms with Crippen molar-refractivity contribution in [1.82, 2.24) is 0 Å². The van der Waals surface area contributed by atoms with E-state index in [1.165, 1.54) is 12.1 Å². The van der Waals surface area contributed by atoms with Crippen molar-refractivity contribution in [2.75, 3.05) is 5.43 Å². The van der Waals surface area contributed by atoms with E-state index in [-0.39, 0.29) is 0 Å². The summed E-state index contributed by atoms with van der Waals surface area (Å²) in [7, 11) is 0. The van der Waals surface area contributed by atoms with Crippen molar-refractivity contribution in [2.24, 2.45) is 5.10 Å². The van der Waals surface area contributed by atoms with Crippen LogP contribution < -0.4 is 5.43 Å². The zero-order valence-electron chi connectivity index (χ0n) is 10.3. The van der Waals surface area contributed by atoms with Crippen molar-refractivity contribution in [1.29, 1.82) is 0 Å². The van der Waals surface area contributed by atoms with Crippen LogP contribution in [-0.4, -0.2) is 6.21 Å². The van der Waals surface area contributed by atoms with E-state index in [1.807, 2.05) is 0 Å². The van der Waals surface area contributed by atoms with E-state index in [4.69, 9.17) is 0 Å². The number of hydrogen-bond acceptors (Lipinski definition) is 2. The standard InChI is InChI=1S/C13H17F3N2/c1-2-3-4-5-10-17-18-12-8-6-11(7-9-12)13(14,15)16/h6-10,18H,2-5H2,1H3. The lowest BCUT2D eigenvalue weighted by Gasteiger charge is -2.06. The molecule has 1 rings (SSSR count). The zero-order valence-corrected chi connectivity index (χ0v) is 10.3. The maximum absolute atomic E-state index is 12.3. The second-order valence-corrected chi connectivity index (χ2v) is 3.99. The number of unbranched alkanes of at least 4 members (excludes halogenated alkanes) is 3. The van der Waals surface area contributed by atoms with Crippen LogP contribution in [0.5, 0.6) is 0 Å². The molecule has 1 aromatic carbocycles. The number of anilines is 1. The van der Waals surface area contributed by atoms with E-state index >= 15 is 0 Å². The van der Waals surface area contributed by atoms with E-state index in [1.54, 1.807) is 6.21 Å². The van der Waals surface area contributed by atoms with Crippen LogP contribution >= 0.6 is 0 Å². The molecular weight excluding hydrogens is 241 g/mol. The molecule has 0 aromatic heterocycles. The highest BCUT2D eigenvalue weighted by Gasteiger charge is 2.29. The first-order chi connectivity index (χ1) is 8.54. The predicted molar refractivity (Wildman–Crippen MR) is 67.7 cm³/mol. The molecule has 0 aliphatic rings. The molecule has 0 fully saturated rings. The van der Waals surface area contributed by atoms with Gasteiger partial charge in [0.25, 0.3) is 0 Å². The third-order valence-corrected chi connectivity index (χ3v) is 2.43. The first-order valence-electron chi connectivity index (χ1n) is 5.99. The molecule has 0 saturated carbocycles. The Bertz CT molecular complexity index is 369. The van der Waals surface area contributed by atoms with Gasteiger partial charge in [0.1, 0.15) is 0 Å². The Balaban J connectivity index is 2.40. The fourth-order valence-corrected chi connectivity index (χ4v) is 1.40. The highest BCUT2D eigenvalue weighted by Crippen LogP contribution is 2.29. The Hall–Kier alpha value is -1.52. The van der Waals surface area contributed by atoms with Gasteiger partial charge < -0.3 is 0 Å². The van der Waals surface area contributed by atoms with Gasteiger partial charge in [-0.2, -0.15) is 18.3 Å². The molecule has 0 spiro atoms. The molecule has 18 heavy (non-hydrogen) atoms. The summed E-state index contributed by atoms with van der Waals surface area (Å²) in [6, 6.07) is 4.81. The summed E-state index contributed by atoms with van der Waals surface area (Å²) in [6.07, 6.45) is 1.72. The lowest BCUT2D eigenvalue weighted by Crippen LogP contribution is -2.04. The van der Waals surface area contributed by atoms with Crippen LogP contribution in [-0.2, 0) is 6.18 Å². The minimum absolute atomic E-state index is 0.551. The van der Waals surface area contributed by atoms with Gasteiger partial charge in [0, 0.05) is 6.21 Å². The second kappa shape index (κ2) is 7.03. The molecule has 2 nitrogen and oxygen atoms in total. The van der Waals surface area contributed by atoms with Gasteiger partial charge in [-0.05, 0) is 37.1 Å². The van der Waals surface area contributed by atoms with E-state index in [9.17, 15) is 13.2 Å². The number of hydrogen-bond donors (Lipinski definition) is 1. The molecule has 0 aliphatic heterocycles. The van der Waals surface area contributed by atoms with E-state index in [0.29, 0.717) is 5.69 Å². The monoisotopic (exact) mass is 258 g/mol. The van der Waals surface area contributed by atoms with Crippen molar-refractivity contribution < 1.29 is 13.2 Å². The third-order valence-electron chi connectivity index (χ3n) is 2.43. The summed E-state index contributed by atoms with van der Waals surface area (Å²) in [5.41, 5.74) is 2.60. The van der Waals surface area contributed by atoms with Gasteiger partial charge in [-0.1, -0.05) is 19.8 Å². The number of benzene rings is 1. The molecule has 0 bridgehead atoms. The first kappa shape index (κ1) is 14.5. The van der Waals surface area contributed by atoms with Crippen LogP contribution in [0.15, 0.2) is 29.4 Å². The number of rotatable bonds is 6. The fraction of sp³-hybridized carbons (Fsp3) is 0.462. The molecule has 0 radical (unpaired) electrons. The molecule has 1 aromatic rings. The van der Waals surface area contributed by atoms with Gasteiger partial charge in [0.2, 0.25) is 0 Å². The maximum Gasteiger partial charge on any atom is 0.416 e. The summed E-state index contributed by atoms with van der Waals surface area (Å²) < 4.78 is 36.9. The Morgan fingerprint density at radius 3 is 2.39 bits per heavy atom. The number of halogens is 3. The quantitative estimate of drug-likeness (QED) is 0.447. The van der Waals surface area contributed by atoms with Crippen LogP contribution in [0, 0.1) is 0 Å². The Morgan fingerprint density at radius 2 is 1.83 bits per heavy atom. The SMILES string of the molecule is CCCCCC=NNc1ccc(C(F)(F)F)cc1. The fourth-order valence-electron chi connectivity index (χ4n) is 1.40. The van der Waals surface area contributed by atoms with Crippen LogP contribution in [0.1, 0.15) is 38.2 Å². The van der Waals surface area contributed by atoms with Crippen molar-refractivity contribution in [3.63, 3.8) is 0 Å². The summed E-state index contributed by atoms with van der Waals surface area (Å²) in [5.74, 6) is 0. The molecule has 0 aliphatic carbocycles. The number of nitrogens with one attached hydrogen (secondary N) is 1. The number of alkyl halides is 3. The minimum Gasteiger partial charge on any atom is -0.279 e. The average Bonchev–Trinajstić information content (AvgIpc) is 2.33. The third kappa shape index (κ3) is 5.21. The summed E-state index contributed by atoms with van der Waals surface area (Å²) >= 11 is 0. The van der Waals surface area contributed by atoms with Gasteiger partial charge in [0.05, 0.1) is 11.3 Å². The maximum atomic E-state index is 12.3. The lowest BCUT2D eigenvalue weighted by atomic mass is 10.2. The highest BCUT2D eigenvalue weighted by molar-refractivity contribution is 5.59. The Kier molecular flexibility index (Phi) is 5.68.